The van der Waals surface area contributed by atoms with Crippen molar-refractivity contribution in [1.82, 2.24) is 10.6 Å². The highest BCUT2D eigenvalue weighted by Crippen LogP contribution is 2.41. The SMILES string of the molecule is CCNC(=O)N[C@H]1C[C@H]1c1ccc(C)c(C)c1. The van der Waals surface area contributed by atoms with E-state index in [4.69, 9.17) is 0 Å². The molecule has 2 rings (SSSR count). The molecule has 2 amide bonds. The van der Waals surface area contributed by atoms with Crippen LogP contribution in [0.3, 0.4) is 0 Å². The van der Waals surface area contributed by atoms with Crippen molar-refractivity contribution in [1.29, 1.82) is 0 Å². The van der Waals surface area contributed by atoms with E-state index >= 15 is 0 Å². The van der Waals surface area contributed by atoms with Crippen LogP contribution in [0.2, 0.25) is 0 Å². The Morgan fingerprint density at radius 1 is 1.35 bits per heavy atom. The molecular formula is C14H20N2O. The maximum atomic E-state index is 11.4. The summed E-state index contributed by atoms with van der Waals surface area (Å²) in [4.78, 5) is 11.4. The van der Waals surface area contributed by atoms with Crippen LogP contribution in [-0.4, -0.2) is 18.6 Å². The standard InChI is InChI=1S/C14H20N2O/c1-4-15-14(17)16-13-8-12(13)11-6-5-9(2)10(3)7-11/h5-7,12-13H,4,8H2,1-3H3,(H2,15,16,17)/t12-,13-/m0/s1. The Morgan fingerprint density at radius 2 is 2.12 bits per heavy atom. The smallest absolute Gasteiger partial charge is 0.315 e. The maximum absolute atomic E-state index is 11.4. The van der Waals surface area contributed by atoms with E-state index in [0.717, 1.165) is 6.42 Å². The third-order valence-electron chi connectivity index (χ3n) is 3.40. The van der Waals surface area contributed by atoms with Gasteiger partial charge in [0.1, 0.15) is 0 Å². The van der Waals surface area contributed by atoms with Gasteiger partial charge in [-0.05, 0) is 43.9 Å². The number of hydrogen-bond donors (Lipinski definition) is 2. The molecule has 0 unspecified atom stereocenters. The lowest BCUT2D eigenvalue weighted by Gasteiger charge is -2.07. The number of amides is 2. The van der Waals surface area contributed by atoms with Gasteiger partial charge >= 0.3 is 6.03 Å². The van der Waals surface area contributed by atoms with E-state index in [1.807, 2.05) is 6.92 Å². The highest BCUT2D eigenvalue weighted by atomic mass is 16.2. The van der Waals surface area contributed by atoms with Crippen molar-refractivity contribution in [3.05, 3.63) is 34.9 Å². The summed E-state index contributed by atoms with van der Waals surface area (Å²) in [6, 6.07) is 6.82. The zero-order valence-corrected chi connectivity index (χ0v) is 10.7. The van der Waals surface area contributed by atoms with Gasteiger partial charge in [0.15, 0.2) is 0 Å². The molecule has 1 aliphatic rings. The fourth-order valence-corrected chi connectivity index (χ4v) is 2.10. The molecule has 92 valence electrons. The lowest BCUT2D eigenvalue weighted by atomic mass is 10.0. The van der Waals surface area contributed by atoms with Crippen LogP contribution in [0.15, 0.2) is 18.2 Å². The van der Waals surface area contributed by atoms with E-state index in [-0.39, 0.29) is 6.03 Å². The first-order valence-corrected chi connectivity index (χ1v) is 6.23. The normalized spacial score (nSPS) is 22.1. The minimum atomic E-state index is -0.0520. The predicted octanol–water partition coefficient (Wildman–Crippen LogP) is 2.48. The van der Waals surface area contributed by atoms with Gasteiger partial charge < -0.3 is 10.6 Å². The average Bonchev–Trinajstić information content (AvgIpc) is 3.01. The van der Waals surface area contributed by atoms with Gasteiger partial charge in [-0.25, -0.2) is 4.79 Å². The molecule has 17 heavy (non-hydrogen) atoms. The second-order valence-corrected chi connectivity index (χ2v) is 4.80. The summed E-state index contributed by atoms with van der Waals surface area (Å²) in [5.74, 6) is 0.497. The van der Waals surface area contributed by atoms with Crippen LogP contribution in [0.5, 0.6) is 0 Å². The Hall–Kier alpha value is -1.51. The van der Waals surface area contributed by atoms with Crippen LogP contribution >= 0.6 is 0 Å². The van der Waals surface area contributed by atoms with Crippen LogP contribution in [-0.2, 0) is 0 Å². The van der Waals surface area contributed by atoms with Crippen molar-refractivity contribution >= 4 is 6.03 Å². The molecule has 1 aromatic rings. The zero-order chi connectivity index (χ0) is 12.4. The number of urea groups is 1. The van der Waals surface area contributed by atoms with Crippen LogP contribution in [0.25, 0.3) is 0 Å². The van der Waals surface area contributed by atoms with E-state index in [9.17, 15) is 4.79 Å². The first-order valence-electron chi connectivity index (χ1n) is 6.23. The molecule has 1 aliphatic carbocycles. The quantitative estimate of drug-likeness (QED) is 0.826. The van der Waals surface area contributed by atoms with E-state index in [1.54, 1.807) is 0 Å². The summed E-state index contributed by atoms with van der Waals surface area (Å²) >= 11 is 0. The van der Waals surface area contributed by atoms with Crippen LogP contribution < -0.4 is 10.6 Å². The van der Waals surface area contributed by atoms with Gasteiger partial charge in [0, 0.05) is 18.5 Å². The largest absolute Gasteiger partial charge is 0.338 e. The summed E-state index contributed by atoms with van der Waals surface area (Å²) in [7, 11) is 0. The van der Waals surface area contributed by atoms with Gasteiger partial charge in [-0.3, -0.25) is 0 Å². The van der Waals surface area contributed by atoms with Crippen molar-refractivity contribution < 1.29 is 4.79 Å². The number of benzene rings is 1. The Labute approximate surface area is 103 Å². The zero-order valence-electron chi connectivity index (χ0n) is 10.7. The van der Waals surface area contributed by atoms with Gasteiger partial charge in [-0.2, -0.15) is 0 Å². The summed E-state index contributed by atoms with van der Waals surface area (Å²) in [6.45, 7) is 6.85. The number of hydrogen-bond acceptors (Lipinski definition) is 1. The predicted molar refractivity (Wildman–Crippen MR) is 69.3 cm³/mol. The molecule has 2 N–H and O–H groups in total. The first kappa shape index (κ1) is 12.0. The number of carbonyl (C=O) groups is 1. The highest BCUT2D eigenvalue weighted by Gasteiger charge is 2.39. The molecule has 0 saturated heterocycles. The summed E-state index contributed by atoms with van der Waals surface area (Å²) in [6.07, 6.45) is 1.06. The monoisotopic (exact) mass is 232 g/mol. The van der Waals surface area contributed by atoms with Crippen molar-refractivity contribution in [3.8, 4) is 0 Å². The molecular weight excluding hydrogens is 212 g/mol. The number of rotatable bonds is 3. The highest BCUT2D eigenvalue weighted by molar-refractivity contribution is 5.74. The van der Waals surface area contributed by atoms with Crippen LogP contribution in [0.1, 0.15) is 36.0 Å². The molecule has 0 radical (unpaired) electrons. The van der Waals surface area contributed by atoms with E-state index in [0.29, 0.717) is 18.5 Å². The fraction of sp³-hybridized carbons (Fsp3) is 0.500. The van der Waals surface area contributed by atoms with Gasteiger partial charge in [-0.1, -0.05) is 18.2 Å². The van der Waals surface area contributed by atoms with Crippen molar-refractivity contribution in [2.24, 2.45) is 0 Å². The topological polar surface area (TPSA) is 41.1 Å². The first-order chi connectivity index (χ1) is 8.11. The molecule has 0 spiro atoms. The number of aryl methyl sites for hydroxylation is 2. The van der Waals surface area contributed by atoms with Crippen LogP contribution in [0, 0.1) is 13.8 Å². The van der Waals surface area contributed by atoms with Crippen LogP contribution in [0.4, 0.5) is 4.79 Å². The van der Waals surface area contributed by atoms with E-state index < -0.39 is 0 Å². The molecule has 3 heteroatoms. The molecule has 0 aromatic heterocycles. The molecule has 1 fully saturated rings. The van der Waals surface area contributed by atoms with Gasteiger partial charge in [0.05, 0.1) is 0 Å². The second-order valence-electron chi connectivity index (χ2n) is 4.80. The molecule has 2 atom stereocenters. The van der Waals surface area contributed by atoms with Gasteiger partial charge in [-0.15, -0.1) is 0 Å². The fourth-order valence-electron chi connectivity index (χ4n) is 2.10. The third kappa shape index (κ3) is 2.78. The summed E-state index contributed by atoms with van der Waals surface area (Å²) in [5, 5.41) is 5.75. The maximum Gasteiger partial charge on any atom is 0.315 e. The summed E-state index contributed by atoms with van der Waals surface area (Å²) < 4.78 is 0. The van der Waals surface area contributed by atoms with Gasteiger partial charge in [0.2, 0.25) is 0 Å². The van der Waals surface area contributed by atoms with Gasteiger partial charge in [0.25, 0.3) is 0 Å². The van der Waals surface area contributed by atoms with Crippen molar-refractivity contribution in [2.75, 3.05) is 6.54 Å². The Morgan fingerprint density at radius 3 is 2.76 bits per heavy atom. The Kier molecular flexibility index (Phi) is 3.36. The summed E-state index contributed by atoms with van der Waals surface area (Å²) in [5.41, 5.74) is 3.99. The van der Waals surface area contributed by atoms with Crippen molar-refractivity contribution in [2.45, 2.75) is 39.2 Å². The molecule has 1 saturated carbocycles. The minimum absolute atomic E-state index is 0.0520. The second kappa shape index (κ2) is 4.78. The van der Waals surface area contributed by atoms with E-state index in [2.05, 4.69) is 42.7 Å². The van der Waals surface area contributed by atoms with Crippen molar-refractivity contribution in [3.63, 3.8) is 0 Å². The van der Waals surface area contributed by atoms with E-state index in [1.165, 1.54) is 16.7 Å². The Bertz CT molecular complexity index is 428. The molecule has 3 nitrogen and oxygen atoms in total. The number of carbonyl (C=O) groups excluding carboxylic acids is 1. The Balaban J connectivity index is 1.93. The third-order valence-corrected chi connectivity index (χ3v) is 3.40. The molecule has 0 aliphatic heterocycles. The molecule has 0 bridgehead atoms. The number of nitrogens with one attached hydrogen (secondary N) is 2. The lowest BCUT2D eigenvalue weighted by Crippen LogP contribution is -2.37. The molecule has 0 heterocycles. The minimum Gasteiger partial charge on any atom is -0.338 e. The molecule has 1 aromatic carbocycles. The lowest BCUT2D eigenvalue weighted by molar-refractivity contribution is 0.241. The average molecular weight is 232 g/mol.